The number of ether oxygens (including phenoxy) is 3. The Balaban J connectivity index is 1.52. The van der Waals surface area contributed by atoms with Gasteiger partial charge in [-0.15, -0.1) is 0 Å². The molecule has 0 bridgehead atoms. The van der Waals surface area contributed by atoms with E-state index in [0.717, 1.165) is 0 Å². The van der Waals surface area contributed by atoms with Crippen LogP contribution in [0.15, 0.2) is 35.4 Å². The second-order valence-corrected chi connectivity index (χ2v) is 8.58. The minimum absolute atomic E-state index is 0.0150. The van der Waals surface area contributed by atoms with E-state index in [1.54, 1.807) is 30.5 Å². The van der Waals surface area contributed by atoms with Crippen molar-refractivity contribution >= 4 is 31.6 Å². The van der Waals surface area contributed by atoms with Gasteiger partial charge >= 0.3 is 6.16 Å². The van der Waals surface area contributed by atoms with E-state index in [4.69, 9.17) is 29.0 Å². The zero-order valence-corrected chi connectivity index (χ0v) is 19.5. The average Bonchev–Trinajstić information content (AvgIpc) is 3.17. The van der Waals surface area contributed by atoms with Crippen molar-refractivity contribution in [2.45, 2.75) is 33.1 Å². The molecule has 0 spiro atoms. The number of halogens is 1. The Morgan fingerprint density at radius 2 is 2.15 bits per heavy atom. The maximum absolute atomic E-state index is 13.4. The molecule has 0 saturated heterocycles. The van der Waals surface area contributed by atoms with Gasteiger partial charge in [-0.05, 0) is 31.5 Å². The SMILES string of the molecule is CC(C)OC(=O)OCOP(COCCn1cnc2c(=O)[nH]c(N)nc21)OCc1cccc(F)c1. The van der Waals surface area contributed by atoms with Crippen molar-refractivity contribution < 1.29 is 32.4 Å². The first-order valence-electron chi connectivity index (χ1n) is 10.2. The normalized spacial score (nSPS) is 12.2. The number of nitrogens with one attached hydrogen (secondary N) is 1. The van der Waals surface area contributed by atoms with Crippen LogP contribution in [0.4, 0.5) is 15.1 Å². The third-order valence-electron chi connectivity index (χ3n) is 4.14. The zero-order chi connectivity index (χ0) is 24.5. The predicted octanol–water partition coefficient (Wildman–Crippen LogP) is 2.88. The summed E-state index contributed by atoms with van der Waals surface area (Å²) in [7, 11) is -1.65. The number of fused-ring (bicyclic) bond motifs is 1. The van der Waals surface area contributed by atoms with Crippen LogP contribution in [-0.4, -0.2) is 51.5 Å². The van der Waals surface area contributed by atoms with Crippen LogP contribution in [0.25, 0.3) is 11.2 Å². The number of hydrogen-bond donors (Lipinski definition) is 2. The standard InChI is InChI=1S/C20H25FN5O7P/c1-13(2)33-20(28)30-11-32-34(31-9-14-4-3-5-15(21)8-14)12-29-7-6-26-10-23-16-17(26)24-19(22)25-18(16)27/h3-5,8,10,13H,6-7,9,11-12H2,1-2H3,(H3,22,24,25,27). The molecule has 0 saturated carbocycles. The molecule has 1 unspecified atom stereocenters. The van der Waals surface area contributed by atoms with E-state index < -0.39 is 26.9 Å². The highest BCUT2D eigenvalue weighted by Crippen LogP contribution is 2.39. The summed E-state index contributed by atoms with van der Waals surface area (Å²) in [4.78, 5) is 33.9. The number of nitrogens with zero attached hydrogens (tertiary/aromatic N) is 3. The van der Waals surface area contributed by atoms with Gasteiger partial charge in [-0.3, -0.25) is 14.3 Å². The predicted molar refractivity (Wildman–Crippen MR) is 120 cm³/mol. The average molecular weight is 497 g/mol. The maximum Gasteiger partial charge on any atom is 0.510 e. The minimum Gasteiger partial charge on any atom is -0.432 e. The van der Waals surface area contributed by atoms with Gasteiger partial charge in [0.25, 0.3) is 5.56 Å². The number of aromatic nitrogens is 4. The molecule has 184 valence electrons. The molecule has 12 nitrogen and oxygen atoms in total. The molecule has 0 aliphatic heterocycles. The Hall–Kier alpha value is -3.12. The molecular weight excluding hydrogens is 472 g/mol. The lowest BCUT2D eigenvalue weighted by atomic mass is 10.2. The quantitative estimate of drug-likeness (QED) is 0.165. The number of aromatic amines is 1. The summed E-state index contributed by atoms with van der Waals surface area (Å²) in [5.74, 6) is -0.401. The second kappa shape index (κ2) is 12.4. The highest BCUT2D eigenvalue weighted by atomic mass is 31.2. The first-order valence-corrected chi connectivity index (χ1v) is 11.6. The molecule has 14 heteroatoms. The molecule has 2 aromatic heterocycles. The first kappa shape index (κ1) is 25.5. The molecule has 0 aliphatic carbocycles. The van der Waals surface area contributed by atoms with Gasteiger partial charge in [0.05, 0.1) is 25.6 Å². The Bertz CT molecular complexity index is 1160. The second-order valence-electron chi connectivity index (χ2n) is 7.14. The molecule has 34 heavy (non-hydrogen) atoms. The van der Waals surface area contributed by atoms with Crippen molar-refractivity contribution in [3.63, 3.8) is 0 Å². The fourth-order valence-electron chi connectivity index (χ4n) is 2.68. The van der Waals surface area contributed by atoms with E-state index in [9.17, 15) is 14.0 Å². The number of imidazole rings is 1. The van der Waals surface area contributed by atoms with E-state index in [0.29, 0.717) is 17.8 Å². The molecule has 0 aliphatic rings. The van der Waals surface area contributed by atoms with Crippen LogP contribution >= 0.6 is 8.38 Å². The fourth-order valence-corrected chi connectivity index (χ4v) is 3.65. The number of carbonyl (C=O) groups excluding carboxylic acids is 1. The van der Waals surface area contributed by atoms with Crippen LogP contribution in [-0.2, 0) is 36.4 Å². The molecule has 0 radical (unpaired) electrons. The highest BCUT2D eigenvalue weighted by molar-refractivity contribution is 7.46. The monoisotopic (exact) mass is 497 g/mol. The summed E-state index contributed by atoms with van der Waals surface area (Å²) >= 11 is 0. The molecule has 3 aromatic rings. The van der Waals surface area contributed by atoms with Crippen LogP contribution in [0.5, 0.6) is 0 Å². The largest absolute Gasteiger partial charge is 0.510 e. The Morgan fingerprint density at radius 1 is 1.32 bits per heavy atom. The van der Waals surface area contributed by atoms with Crippen LogP contribution < -0.4 is 11.3 Å². The third kappa shape index (κ3) is 7.73. The van der Waals surface area contributed by atoms with E-state index in [1.807, 2.05) is 0 Å². The maximum atomic E-state index is 13.4. The van der Waals surface area contributed by atoms with Crippen LogP contribution in [0, 0.1) is 5.82 Å². The topological polar surface area (TPSA) is 153 Å². The van der Waals surface area contributed by atoms with Crippen LogP contribution in [0.2, 0.25) is 0 Å². The Labute approximate surface area is 195 Å². The van der Waals surface area contributed by atoms with Crippen molar-refractivity contribution in [1.29, 1.82) is 0 Å². The summed E-state index contributed by atoms with van der Waals surface area (Å²) in [6.45, 7) is 3.59. The third-order valence-corrected chi connectivity index (χ3v) is 5.34. The van der Waals surface area contributed by atoms with Gasteiger partial charge in [0.15, 0.2) is 11.2 Å². The summed E-state index contributed by atoms with van der Waals surface area (Å²) in [6.07, 6.45) is 0.297. The minimum atomic E-state index is -1.65. The van der Waals surface area contributed by atoms with Gasteiger partial charge in [-0.25, -0.2) is 14.2 Å². The number of nitrogen functional groups attached to an aromatic ring is 1. The summed E-state index contributed by atoms with van der Waals surface area (Å²) < 4.78 is 41.6. The molecular formula is C20H25FN5O7P. The molecule has 3 rings (SSSR count). The first-order chi connectivity index (χ1) is 16.3. The molecule has 1 aromatic carbocycles. The number of hydrogen-bond acceptors (Lipinski definition) is 10. The van der Waals surface area contributed by atoms with Crippen molar-refractivity contribution in [3.05, 3.63) is 52.3 Å². The lowest BCUT2D eigenvalue weighted by molar-refractivity contribution is -0.0113. The number of carbonyl (C=O) groups is 1. The van der Waals surface area contributed by atoms with E-state index in [2.05, 4.69) is 15.0 Å². The fraction of sp³-hybridized carbons (Fsp3) is 0.400. The lowest BCUT2D eigenvalue weighted by Crippen LogP contribution is -2.15. The highest BCUT2D eigenvalue weighted by Gasteiger charge is 2.15. The molecule has 0 amide bonds. The van der Waals surface area contributed by atoms with Crippen molar-refractivity contribution in [3.8, 4) is 0 Å². The van der Waals surface area contributed by atoms with Gasteiger partial charge in [0, 0.05) is 6.54 Å². The van der Waals surface area contributed by atoms with Crippen LogP contribution in [0.1, 0.15) is 19.4 Å². The van der Waals surface area contributed by atoms with Gasteiger partial charge < -0.3 is 29.0 Å². The van der Waals surface area contributed by atoms with Gasteiger partial charge in [0.1, 0.15) is 12.2 Å². The lowest BCUT2D eigenvalue weighted by Gasteiger charge is -2.18. The number of rotatable bonds is 12. The van der Waals surface area contributed by atoms with E-state index >= 15 is 0 Å². The van der Waals surface area contributed by atoms with Crippen LogP contribution in [0.3, 0.4) is 0 Å². The summed E-state index contributed by atoms with van der Waals surface area (Å²) in [5.41, 5.74) is 6.28. The Kier molecular flexibility index (Phi) is 9.28. The van der Waals surface area contributed by atoms with Crippen molar-refractivity contribution in [1.82, 2.24) is 19.5 Å². The van der Waals surface area contributed by atoms with Gasteiger partial charge in [-0.2, -0.15) is 4.98 Å². The van der Waals surface area contributed by atoms with Crippen molar-refractivity contribution in [2.24, 2.45) is 0 Å². The number of benzene rings is 1. The number of nitrogens with two attached hydrogens (primary N) is 1. The van der Waals surface area contributed by atoms with Gasteiger partial charge in [0.2, 0.25) is 21.1 Å². The molecule has 0 fully saturated rings. The molecule has 2 heterocycles. The summed E-state index contributed by atoms with van der Waals surface area (Å²) in [6, 6.07) is 5.95. The Morgan fingerprint density at radius 3 is 2.91 bits per heavy atom. The number of H-pyrrole nitrogens is 1. The smallest absolute Gasteiger partial charge is 0.432 e. The number of anilines is 1. The van der Waals surface area contributed by atoms with Gasteiger partial charge in [-0.1, -0.05) is 12.1 Å². The van der Waals surface area contributed by atoms with E-state index in [1.165, 1.54) is 18.5 Å². The molecule has 3 N–H and O–H groups in total. The summed E-state index contributed by atoms with van der Waals surface area (Å²) in [5, 5.41) is 0. The van der Waals surface area contributed by atoms with E-state index in [-0.39, 0.29) is 42.9 Å². The zero-order valence-electron chi connectivity index (χ0n) is 18.6. The van der Waals surface area contributed by atoms with Crippen molar-refractivity contribution in [2.75, 3.05) is 25.5 Å². The molecule has 1 atom stereocenters.